The molecular weight excluding hydrogens is 406 g/mol. The van der Waals surface area contributed by atoms with Crippen LogP contribution in [0.4, 0.5) is 11.4 Å². The fourth-order valence-corrected chi connectivity index (χ4v) is 4.80. The molecule has 152 valence electrons. The van der Waals surface area contributed by atoms with Gasteiger partial charge >= 0.3 is 5.97 Å². The average Bonchev–Trinajstić information content (AvgIpc) is 3.38. The minimum atomic E-state index is -0.985. The maximum atomic E-state index is 13.8. The number of amides is 1. The number of aromatic carboxylic acids is 1. The number of hydrogen-bond acceptors (Lipinski definition) is 4. The van der Waals surface area contributed by atoms with Crippen LogP contribution >= 0.6 is 11.6 Å². The van der Waals surface area contributed by atoms with E-state index < -0.39 is 11.4 Å². The summed E-state index contributed by atoms with van der Waals surface area (Å²) in [5, 5.41) is 23.3. The van der Waals surface area contributed by atoms with Gasteiger partial charge in [0.25, 0.3) is 0 Å². The van der Waals surface area contributed by atoms with Crippen LogP contribution in [0.2, 0.25) is 5.02 Å². The van der Waals surface area contributed by atoms with E-state index in [4.69, 9.17) is 16.7 Å². The zero-order valence-electron chi connectivity index (χ0n) is 15.9. The molecule has 2 heterocycles. The Morgan fingerprint density at radius 3 is 2.73 bits per heavy atom. The third-order valence-corrected chi connectivity index (χ3v) is 6.21. The molecule has 30 heavy (non-hydrogen) atoms. The smallest absolute Gasteiger partial charge is 0.335 e. The molecule has 1 aliphatic carbocycles. The second-order valence-electron chi connectivity index (χ2n) is 7.71. The lowest BCUT2D eigenvalue weighted by atomic mass is 9.79. The van der Waals surface area contributed by atoms with Crippen molar-refractivity contribution in [3.8, 4) is 0 Å². The third-order valence-electron chi connectivity index (χ3n) is 5.97. The van der Waals surface area contributed by atoms with Crippen LogP contribution < -0.4 is 4.90 Å². The molecule has 2 aliphatic rings. The predicted molar refractivity (Wildman–Crippen MR) is 110 cm³/mol. The lowest BCUT2D eigenvalue weighted by molar-refractivity contribution is -0.122. The number of aliphatic hydroxyl groups excluding tert-OH is 1. The molecule has 7 nitrogen and oxygen atoms in total. The van der Waals surface area contributed by atoms with Crippen LogP contribution in [0.1, 0.15) is 27.0 Å². The molecule has 0 fully saturated rings. The number of anilines is 2. The van der Waals surface area contributed by atoms with Gasteiger partial charge < -0.3 is 10.2 Å². The Hall–Kier alpha value is -3.16. The number of fused-ring (bicyclic) bond motifs is 3. The monoisotopic (exact) mass is 423 g/mol. The zero-order valence-corrected chi connectivity index (χ0v) is 16.6. The van der Waals surface area contributed by atoms with Crippen molar-refractivity contribution in [2.75, 3.05) is 11.5 Å². The minimum absolute atomic E-state index is 0.0529. The number of aromatic nitrogens is 2. The molecule has 1 aromatic heterocycles. The second kappa shape index (κ2) is 6.68. The fraction of sp³-hybridized carbons (Fsp3) is 0.227. The Balaban J connectivity index is 1.62. The van der Waals surface area contributed by atoms with Crippen molar-refractivity contribution in [2.45, 2.75) is 24.8 Å². The molecule has 0 radical (unpaired) electrons. The highest BCUT2D eigenvalue weighted by atomic mass is 35.5. The van der Waals surface area contributed by atoms with Crippen LogP contribution in [0, 0.1) is 0 Å². The predicted octanol–water partition coefficient (Wildman–Crippen LogP) is 2.94. The summed E-state index contributed by atoms with van der Waals surface area (Å²) in [6.45, 7) is 0.279. The minimum Gasteiger partial charge on any atom is -0.478 e. The van der Waals surface area contributed by atoms with Crippen molar-refractivity contribution < 1.29 is 19.8 Å². The normalized spacial score (nSPS) is 19.4. The molecule has 5 rings (SSSR count). The summed E-state index contributed by atoms with van der Waals surface area (Å²) in [6.07, 6.45) is 4.25. The van der Waals surface area contributed by atoms with Gasteiger partial charge in [0.15, 0.2) is 0 Å². The highest BCUT2D eigenvalue weighted by Crippen LogP contribution is 2.52. The van der Waals surface area contributed by atoms with E-state index >= 15 is 0 Å². The maximum absolute atomic E-state index is 13.8. The second-order valence-corrected chi connectivity index (χ2v) is 8.15. The molecule has 8 heteroatoms. The first-order chi connectivity index (χ1) is 14.4. The van der Waals surface area contributed by atoms with Crippen LogP contribution in [-0.2, 0) is 29.6 Å². The molecule has 2 aromatic carbocycles. The summed E-state index contributed by atoms with van der Waals surface area (Å²) in [4.78, 5) is 26.9. The number of carboxylic acid groups (broad SMARTS) is 1. The van der Waals surface area contributed by atoms with Gasteiger partial charge in [-0.25, -0.2) is 4.79 Å². The van der Waals surface area contributed by atoms with Crippen molar-refractivity contribution in [3.63, 3.8) is 0 Å². The molecular formula is C22H18ClN3O4. The SMILES string of the molecule is O=C(O)c1ccc2c(c1)CC1(C2)C(=O)N(c2cnn(CCO)c2)c2cc(Cl)ccc21. The molecule has 1 spiro atoms. The number of carbonyl (C=O) groups is 2. The first-order valence-corrected chi connectivity index (χ1v) is 9.94. The van der Waals surface area contributed by atoms with Gasteiger partial charge in [0.2, 0.25) is 5.91 Å². The van der Waals surface area contributed by atoms with Crippen LogP contribution in [0.15, 0.2) is 48.8 Å². The van der Waals surface area contributed by atoms with Gasteiger partial charge in [-0.15, -0.1) is 0 Å². The van der Waals surface area contributed by atoms with E-state index in [1.165, 1.54) is 0 Å². The van der Waals surface area contributed by atoms with Gasteiger partial charge in [-0.3, -0.25) is 14.4 Å². The molecule has 2 N–H and O–H groups in total. The molecule has 1 aliphatic heterocycles. The van der Waals surface area contributed by atoms with Gasteiger partial charge in [0, 0.05) is 11.2 Å². The first-order valence-electron chi connectivity index (χ1n) is 9.56. The van der Waals surface area contributed by atoms with E-state index in [0.29, 0.717) is 35.8 Å². The number of aliphatic hydroxyl groups is 1. The van der Waals surface area contributed by atoms with E-state index in [0.717, 1.165) is 16.7 Å². The highest BCUT2D eigenvalue weighted by Gasteiger charge is 2.54. The Labute approximate surface area is 177 Å². The lowest BCUT2D eigenvalue weighted by Gasteiger charge is -2.23. The number of nitrogens with zero attached hydrogens (tertiary/aromatic N) is 3. The van der Waals surface area contributed by atoms with Crippen LogP contribution in [0.3, 0.4) is 0 Å². The number of halogens is 1. The molecule has 1 amide bonds. The Kier molecular flexibility index (Phi) is 4.20. The first kappa shape index (κ1) is 18.8. The summed E-state index contributed by atoms with van der Waals surface area (Å²) in [7, 11) is 0. The van der Waals surface area contributed by atoms with Crippen LogP contribution in [-0.4, -0.2) is 38.5 Å². The van der Waals surface area contributed by atoms with E-state index in [1.807, 2.05) is 6.07 Å². The van der Waals surface area contributed by atoms with Crippen molar-refractivity contribution in [1.29, 1.82) is 0 Å². The lowest BCUT2D eigenvalue weighted by Crippen LogP contribution is -2.39. The Morgan fingerprint density at radius 1 is 1.17 bits per heavy atom. The average molecular weight is 424 g/mol. The third kappa shape index (κ3) is 2.66. The Morgan fingerprint density at radius 2 is 1.97 bits per heavy atom. The molecule has 1 atom stereocenters. The van der Waals surface area contributed by atoms with E-state index in [1.54, 1.807) is 52.3 Å². The number of carbonyl (C=O) groups excluding carboxylic acids is 1. The van der Waals surface area contributed by atoms with Crippen molar-refractivity contribution in [1.82, 2.24) is 9.78 Å². The summed E-state index contributed by atoms with van der Waals surface area (Å²) >= 11 is 6.26. The van der Waals surface area contributed by atoms with Crippen LogP contribution in [0.5, 0.6) is 0 Å². The Bertz CT molecular complexity index is 1200. The quantitative estimate of drug-likeness (QED) is 0.672. The van der Waals surface area contributed by atoms with Crippen molar-refractivity contribution in [2.24, 2.45) is 0 Å². The fourth-order valence-electron chi connectivity index (χ4n) is 4.63. The van der Waals surface area contributed by atoms with Crippen LogP contribution in [0.25, 0.3) is 0 Å². The van der Waals surface area contributed by atoms with Crippen molar-refractivity contribution >= 4 is 34.9 Å². The summed E-state index contributed by atoms with van der Waals surface area (Å²) in [5.41, 5.74) is 3.46. The van der Waals surface area contributed by atoms with Gasteiger partial charge in [0.05, 0.1) is 41.7 Å². The zero-order chi connectivity index (χ0) is 21.0. The summed E-state index contributed by atoms with van der Waals surface area (Å²) in [5.74, 6) is -1.07. The van der Waals surface area contributed by atoms with Gasteiger partial charge in [0.1, 0.15) is 0 Å². The number of carboxylic acids is 1. The molecule has 1 unspecified atom stereocenters. The van der Waals surface area contributed by atoms with Gasteiger partial charge in [-0.1, -0.05) is 23.7 Å². The topological polar surface area (TPSA) is 95.7 Å². The number of hydrogen-bond donors (Lipinski definition) is 2. The van der Waals surface area contributed by atoms with E-state index in [9.17, 15) is 14.7 Å². The van der Waals surface area contributed by atoms with Gasteiger partial charge in [-0.05, 0) is 53.8 Å². The maximum Gasteiger partial charge on any atom is 0.335 e. The molecule has 0 saturated carbocycles. The van der Waals surface area contributed by atoms with E-state index in [2.05, 4.69) is 5.10 Å². The standard InChI is InChI=1S/C22H18ClN3O4/c23-16-3-4-18-19(8-16)26(17-11-24-25(12-17)5-6-27)21(30)22(18)9-14-2-1-13(20(28)29)7-15(14)10-22/h1-4,7-8,11-12,27H,5-6,9-10H2,(H,28,29). The summed E-state index contributed by atoms with van der Waals surface area (Å²) < 4.78 is 1.58. The molecule has 3 aromatic rings. The highest BCUT2D eigenvalue weighted by molar-refractivity contribution is 6.31. The van der Waals surface area contributed by atoms with Gasteiger partial charge in [-0.2, -0.15) is 5.10 Å². The largest absolute Gasteiger partial charge is 0.478 e. The number of rotatable bonds is 4. The number of benzene rings is 2. The molecule has 0 bridgehead atoms. The van der Waals surface area contributed by atoms with Crippen molar-refractivity contribution in [3.05, 3.63) is 76.1 Å². The summed E-state index contributed by atoms with van der Waals surface area (Å²) in [6, 6.07) is 10.5. The van der Waals surface area contributed by atoms with E-state index in [-0.39, 0.29) is 18.1 Å². The molecule has 0 saturated heterocycles.